The van der Waals surface area contributed by atoms with Crippen molar-refractivity contribution in [3.63, 3.8) is 0 Å². The predicted molar refractivity (Wildman–Crippen MR) is 86.0 cm³/mol. The van der Waals surface area contributed by atoms with Gasteiger partial charge in [-0.15, -0.1) is 0 Å². The highest BCUT2D eigenvalue weighted by Gasteiger charge is 2.09. The third kappa shape index (κ3) is 3.97. The van der Waals surface area contributed by atoms with Gasteiger partial charge in [0.2, 0.25) is 0 Å². The van der Waals surface area contributed by atoms with E-state index in [1.165, 1.54) is 23.1 Å². The molecule has 0 bridgehead atoms. The van der Waals surface area contributed by atoms with E-state index in [4.69, 9.17) is 0 Å². The van der Waals surface area contributed by atoms with Gasteiger partial charge >= 0.3 is 0 Å². The first kappa shape index (κ1) is 14.9. The minimum atomic E-state index is 0.480. The molecule has 1 aromatic heterocycles. The Morgan fingerprint density at radius 2 is 2.05 bits per heavy atom. The van der Waals surface area contributed by atoms with Crippen molar-refractivity contribution in [1.82, 2.24) is 9.88 Å². The van der Waals surface area contributed by atoms with Gasteiger partial charge in [-0.2, -0.15) is 0 Å². The number of rotatable bonds is 7. The lowest BCUT2D eigenvalue weighted by molar-refractivity contribution is 0.517. The molecule has 0 aliphatic heterocycles. The normalized spacial score (nSPS) is 12.6. The number of aromatic nitrogens is 1. The zero-order chi connectivity index (χ0) is 14.4. The number of hydrogen-bond donors (Lipinski definition) is 1. The Hall–Kier alpha value is -1.54. The summed E-state index contributed by atoms with van der Waals surface area (Å²) in [5, 5.41) is 3.61. The van der Waals surface area contributed by atoms with Crippen molar-refractivity contribution in [3.8, 4) is 0 Å². The molecular weight excluding hydrogens is 244 g/mol. The highest BCUT2D eigenvalue weighted by atomic mass is 15.0. The molecule has 1 heterocycles. The van der Waals surface area contributed by atoms with Crippen LogP contribution in [0.2, 0.25) is 0 Å². The molecule has 0 radical (unpaired) electrons. The number of nitrogens with zero attached hydrogens (tertiary/aromatic N) is 1. The minimum Gasteiger partial charge on any atom is -0.350 e. The fraction of sp³-hybridized carbons (Fsp3) is 0.444. The van der Waals surface area contributed by atoms with Crippen LogP contribution in [0, 0.1) is 6.92 Å². The number of hydrogen-bond acceptors (Lipinski definition) is 1. The molecule has 1 aromatic carbocycles. The molecule has 2 aromatic rings. The summed E-state index contributed by atoms with van der Waals surface area (Å²) in [6.45, 7) is 8.63. The van der Waals surface area contributed by atoms with Crippen LogP contribution in [0.4, 0.5) is 0 Å². The van der Waals surface area contributed by atoms with E-state index in [0.29, 0.717) is 6.04 Å². The smallest absolute Gasteiger partial charge is 0.0470 e. The van der Waals surface area contributed by atoms with Crippen LogP contribution in [-0.4, -0.2) is 11.1 Å². The fourth-order valence-corrected chi connectivity index (χ4v) is 2.60. The first-order valence-electron chi connectivity index (χ1n) is 7.67. The Labute approximate surface area is 122 Å². The van der Waals surface area contributed by atoms with E-state index >= 15 is 0 Å². The molecule has 20 heavy (non-hydrogen) atoms. The lowest BCUT2D eigenvalue weighted by Crippen LogP contribution is -2.21. The van der Waals surface area contributed by atoms with Crippen LogP contribution in [0.3, 0.4) is 0 Å². The molecule has 2 heteroatoms. The van der Waals surface area contributed by atoms with Crippen LogP contribution in [0.25, 0.3) is 0 Å². The Balaban J connectivity index is 2.04. The van der Waals surface area contributed by atoms with Crippen LogP contribution in [0.1, 0.15) is 49.4 Å². The average molecular weight is 270 g/mol. The van der Waals surface area contributed by atoms with Crippen molar-refractivity contribution < 1.29 is 0 Å². The second-order valence-electron chi connectivity index (χ2n) is 5.52. The average Bonchev–Trinajstić information content (AvgIpc) is 2.88. The number of aryl methyl sites for hydroxylation is 1. The molecule has 1 N–H and O–H groups in total. The number of benzene rings is 1. The summed E-state index contributed by atoms with van der Waals surface area (Å²) in [5.41, 5.74) is 4.08. The van der Waals surface area contributed by atoms with Gasteiger partial charge in [-0.25, -0.2) is 0 Å². The van der Waals surface area contributed by atoms with E-state index in [0.717, 1.165) is 19.5 Å². The molecule has 0 aliphatic rings. The van der Waals surface area contributed by atoms with E-state index in [2.05, 4.69) is 73.4 Å². The van der Waals surface area contributed by atoms with Gasteiger partial charge in [-0.05, 0) is 43.5 Å². The molecule has 2 nitrogen and oxygen atoms in total. The molecule has 0 spiro atoms. The van der Waals surface area contributed by atoms with Gasteiger partial charge in [0.1, 0.15) is 0 Å². The molecule has 1 unspecified atom stereocenters. The highest BCUT2D eigenvalue weighted by molar-refractivity contribution is 5.23. The standard InChI is InChI=1S/C18H26N2/c1-4-10-19-18(5-2)17-9-11-20(14-17)13-16-8-6-7-15(3)12-16/h6-9,11-12,14,18-19H,4-5,10,13H2,1-3H3. The molecule has 2 rings (SSSR count). The summed E-state index contributed by atoms with van der Waals surface area (Å²) in [5.74, 6) is 0. The first-order chi connectivity index (χ1) is 9.72. The van der Waals surface area contributed by atoms with E-state index in [-0.39, 0.29) is 0 Å². The van der Waals surface area contributed by atoms with Gasteiger partial charge in [0, 0.05) is 25.0 Å². The van der Waals surface area contributed by atoms with Gasteiger partial charge in [-0.3, -0.25) is 0 Å². The van der Waals surface area contributed by atoms with E-state index in [1.807, 2.05) is 0 Å². The molecule has 0 amide bonds. The second kappa shape index (κ2) is 7.30. The van der Waals surface area contributed by atoms with Gasteiger partial charge in [-0.1, -0.05) is 43.7 Å². The molecular formula is C18H26N2. The first-order valence-corrected chi connectivity index (χ1v) is 7.67. The third-order valence-corrected chi connectivity index (χ3v) is 3.67. The molecule has 0 saturated heterocycles. The van der Waals surface area contributed by atoms with Gasteiger partial charge < -0.3 is 9.88 Å². The quantitative estimate of drug-likeness (QED) is 0.794. The minimum absolute atomic E-state index is 0.480. The predicted octanol–water partition coefficient (Wildman–Crippen LogP) is 4.30. The maximum absolute atomic E-state index is 3.61. The topological polar surface area (TPSA) is 17.0 Å². The third-order valence-electron chi connectivity index (χ3n) is 3.67. The summed E-state index contributed by atoms with van der Waals surface area (Å²) in [4.78, 5) is 0. The van der Waals surface area contributed by atoms with E-state index < -0.39 is 0 Å². The number of nitrogens with one attached hydrogen (secondary N) is 1. The molecule has 108 valence electrons. The van der Waals surface area contributed by atoms with Crippen LogP contribution in [0.15, 0.2) is 42.7 Å². The van der Waals surface area contributed by atoms with Crippen molar-refractivity contribution in [2.24, 2.45) is 0 Å². The monoisotopic (exact) mass is 270 g/mol. The summed E-state index contributed by atoms with van der Waals surface area (Å²) in [6, 6.07) is 11.4. The van der Waals surface area contributed by atoms with Crippen molar-refractivity contribution in [2.75, 3.05) is 6.54 Å². The van der Waals surface area contributed by atoms with Crippen molar-refractivity contribution in [1.29, 1.82) is 0 Å². The Morgan fingerprint density at radius 1 is 1.20 bits per heavy atom. The summed E-state index contributed by atoms with van der Waals surface area (Å²) < 4.78 is 2.28. The largest absolute Gasteiger partial charge is 0.350 e. The maximum atomic E-state index is 3.61. The van der Waals surface area contributed by atoms with Crippen molar-refractivity contribution in [2.45, 2.75) is 46.2 Å². The molecule has 1 atom stereocenters. The molecule has 0 aliphatic carbocycles. The molecule has 0 fully saturated rings. The van der Waals surface area contributed by atoms with Crippen LogP contribution in [0.5, 0.6) is 0 Å². The fourth-order valence-electron chi connectivity index (χ4n) is 2.60. The van der Waals surface area contributed by atoms with Crippen LogP contribution >= 0.6 is 0 Å². The zero-order valence-corrected chi connectivity index (χ0v) is 12.9. The van der Waals surface area contributed by atoms with Gasteiger partial charge in [0.25, 0.3) is 0 Å². The Morgan fingerprint density at radius 3 is 2.75 bits per heavy atom. The Kier molecular flexibility index (Phi) is 5.42. The van der Waals surface area contributed by atoms with E-state index in [1.54, 1.807) is 0 Å². The summed E-state index contributed by atoms with van der Waals surface area (Å²) >= 11 is 0. The van der Waals surface area contributed by atoms with Crippen molar-refractivity contribution in [3.05, 3.63) is 59.4 Å². The lowest BCUT2D eigenvalue weighted by Gasteiger charge is -2.15. The van der Waals surface area contributed by atoms with Gasteiger partial charge in [0.05, 0.1) is 0 Å². The Bertz CT molecular complexity index is 528. The van der Waals surface area contributed by atoms with Crippen LogP contribution < -0.4 is 5.32 Å². The maximum Gasteiger partial charge on any atom is 0.0470 e. The molecule has 0 saturated carbocycles. The highest BCUT2D eigenvalue weighted by Crippen LogP contribution is 2.18. The van der Waals surface area contributed by atoms with E-state index in [9.17, 15) is 0 Å². The zero-order valence-electron chi connectivity index (χ0n) is 12.9. The van der Waals surface area contributed by atoms with Gasteiger partial charge in [0.15, 0.2) is 0 Å². The van der Waals surface area contributed by atoms with Crippen molar-refractivity contribution >= 4 is 0 Å². The SMILES string of the molecule is CCCNC(CC)c1ccn(Cc2cccc(C)c2)c1. The van der Waals surface area contributed by atoms with Crippen LogP contribution in [-0.2, 0) is 6.54 Å². The second-order valence-corrected chi connectivity index (χ2v) is 5.52. The summed E-state index contributed by atoms with van der Waals surface area (Å²) in [7, 11) is 0. The summed E-state index contributed by atoms with van der Waals surface area (Å²) in [6.07, 6.45) is 6.78. The lowest BCUT2D eigenvalue weighted by atomic mass is 10.1.